The van der Waals surface area contributed by atoms with Gasteiger partial charge in [0.05, 0.1) is 29.4 Å². The Bertz CT molecular complexity index is 1000. The van der Waals surface area contributed by atoms with Crippen molar-refractivity contribution in [2.24, 2.45) is 0 Å². The molecule has 1 aliphatic carbocycles. The zero-order valence-electron chi connectivity index (χ0n) is 17.2. The van der Waals surface area contributed by atoms with Crippen molar-refractivity contribution in [2.75, 3.05) is 19.6 Å². The fourth-order valence-corrected chi connectivity index (χ4v) is 4.06. The van der Waals surface area contributed by atoms with E-state index in [0.29, 0.717) is 5.70 Å². The summed E-state index contributed by atoms with van der Waals surface area (Å²) < 4.78 is 40.9. The van der Waals surface area contributed by atoms with E-state index >= 15 is 0 Å². The predicted molar refractivity (Wildman–Crippen MR) is 109 cm³/mol. The number of amides is 4. The molecule has 1 fully saturated rings. The van der Waals surface area contributed by atoms with Gasteiger partial charge in [0.25, 0.3) is 5.91 Å². The van der Waals surface area contributed by atoms with E-state index in [-0.39, 0.29) is 49.1 Å². The Morgan fingerprint density at radius 3 is 2.62 bits per heavy atom. The van der Waals surface area contributed by atoms with Crippen LogP contribution in [-0.4, -0.2) is 53.3 Å². The minimum Gasteiger partial charge on any atom is -0.353 e. The molecule has 7 nitrogen and oxygen atoms in total. The molecule has 3 aliphatic rings. The summed E-state index contributed by atoms with van der Waals surface area (Å²) in [6.07, 6.45) is -1.22. The maximum atomic E-state index is 13.6. The summed E-state index contributed by atoms with van der Waals surface area (Å²) >= 11 is 0. The number of rotatable bonds is 7. The highest BCUT2D eigenvalue weighted by Gasteiger charge is 2.46. The van der Waals surface area contributed by atoms with Crippen molar-refractivity contribution in [1.29, 1.82) is 0 Å². The lowest BCUT2D eigenvalue weighted by Gasteiger charge is -2.33. The van der Waals surface area contributed by atoms with E-state index in [1.54, 1.807) is 0 Å². The zero-order chi connectivity index (χ0) is 23.0. The second kappa shape index (κ2) is 8.33. The van der Waals surface area contributed by atoms with Gasteiger partial charge in [-0.15, -0.1) is 6.58 Å². The molecular formula is C22H23F3N4O3. The minimum absolute atomic E-state index is 0.0385. The molecule has 32 heavy (non-hydrogen) atoms. The predicted octanol–water partition coefficient (Wildman–Crippen LogP) is 2.72. The largest absolute Gasteiger partial charge is 0.416 e. The van der Waals surface area contributed by atoms with E-state index in [4.69, 9.17) is 0 Å². The first kappa shape index (κ1) is 21.9. The Balaban J connectivity index is 1.65. The Hall–Kier alpha value is -3.30. The van der Waals surface area contributed by atoms with Crippen molar-refractivity contribution >= 4 is 17.8 Å². The van der Waals surface area contributed by atoms with Crippen LogP contribution in [-0.2, 0) is 15.8 Å². The first-order valence-electron chi connectivity index (χ1n) is 10.4. The standard InChI is InChI=1S/C22H23F3N4O3/c1-2-10-29-16-12-28(11-9-17(30)26-13-7-8-13)20(31)18(16)19(27-21(29)32)14-5-3-4-6-15(14)22(23,24)25/h2-6,13,19H,1,7-12H2,(H,26,30)(H,27,32)/t19-/m0/s1. The van der Waals surface area contributed by atoms with Crippen molar-refractivity contribution in [1.82, 2.24) is 20.4 Å². The van der Waals surface area contributed by atoms with Gasteiger partial charge in [-0.1, -0.05) is 24.3 Å². The van der Waals surface area contributed by atoms with Crippen LogP contribution in [0.1, 0.15) is 36.4 Å². The smallest absolute Gasteiger partial charge is 0.353 e. The van der Waals surface area contributed by atoms with Crippen molar-refractivity contribution in [3.8, 4) is 0 Å². The van der Waals surface area contributed by atoms with Crippen LogP contribution in [0.4, 0.5) is 18.0 Å². The second-order valence-corrected chi connectivity index (χ2v) is 8.05. The molecule has 1 aromatic rings. The van der Waals surface area contributed by atoms with Gasteiger partial charge < -0.3 is 15.5 Å². The van der Waals surface area contributed by atoms with Crippen LogP contribution in [0.25, 0.3) is 0 Å². The van der Waals surface area contributed by atoms with Gasteiger partial charge in [0, 0.05) is 25.6 Å². The summed E-state index contributed by atoms with van der Waals surface area (Å²) in [6, 6.07) is 3.24. The number of alkyl halides is 3. The Morgan fingerprint density at radius 1 is 1.25 bits per heavy atom. The van der Waals surface area contributed by atoms with E-state index in [2.05, 4.69) is 17.2 Å². The van der Waals surface area contributed by atoms with Gasteiger partial charge in [-0.05, 0) is 24.5 Å². The third-order valence-electron chi connectivity index (χ3n) is 5.74. The highest BCUT2D eigenvalue weighted by molar-refractivity contribution is 6.01. The molecule has 0 unspecified atom stereocenters. The Labute approximate surface area is 182 Å². The van der Waals surface area contributed by atoms with Gasteiger partial charge in [0.1, 0.15) is 0 Å². The first-order valence-corrected chi connectivity index (χ1v) is 10.4. The normalized spacial score (nSPS) is 20.9. The highest BCUT2D eigenvalue weighted by Crippen LogP contribution is 2.41. The molecular weight excluding hydrogens is 425 g/mol. The van der Waals surface area contributed by atoms with Gasteiger partial charge in [0.15, 0.2) is 0 Å². The molecule has 0 bridgehead atoms. The van der Waals surface area contributed by atoms with Crippen LogP contribution in [0.3, 0.4) is 0 Å². The van der Waals surface area contributed by atoms with E-state index in [0.717, 1.165) is 18.9 Å². The van der Waals surface area contributed by atoms with E-state index < -0.39 is 29.7 Å². The monoisotopic (exact) mass is 448 g/mol. The van der Waals surface area contributed by atoms with Crippen LogP contribution in [0.15, 0.2) is 48.2 Å². The van der Waals surface area contributed by atoms with Crippen molar-refractivity contribution < 1.29 is 27.6 Å². The lowest BCUT2D eigenvalue weighted by molar-refractivity contribution is -0.138. The number of urea groups is 1. The Kier molecular flexibility index (Phi) is 5.70. The van der Waals surface area contributed by atoms with Crippen LogP contribution in [0.5, 0.6) is 0 Å². The van der Waals surface area contributed by atoms with E-state index in [1.807, 2.05) is 0 Å². The van der Waals surface area contributed by atoms with Crippen LogP contribution in [0.2, 0.25) is 0 Å². The van der Waals surface area contributed by atoms with Crippen LogP contribution < -0.4 is 10.6 Å². The molecule has 4 amide bonds. The minimum atomic E-state index is -4.65. The Morgan fingerprint density at radius 2 is 1.97 bits per heavy atom. The lowest BCUT2D eigenvalue weighted by Crippen LogP contribution is -2.47. The van der Waals surface area contributed by atoms with Crippen LogP contribution >= 0.6 is 0 Å². The summed E-state index contributed by atoms with van der Waals surface area (Å²) in [6.45, 7) is 3.86. The van der Waals surface area contributed by atoms with Gasteiger partial charge in [-0.3, -0.25) is 14.5 Å². The third kappa shape index (κ3) is 4.21. The summed E-state index contributed by atoms with van der Waals surface area (Å²) in [5.41, 5.74) is -0.681. The average Bonchev–Trinajstić information content (AvgIpc) is 3.49. The fourth-order valence-electron chi connectivity index (χ4n) is 4.06. The molecule has 0 spiro atoms. The van der Waals surface area contributed by atoms with Gasteiger partial charge in [0.2, 0.25) is 5.91 Å². The molecule has 1 aromatic carbocycles. The second-order valence-electron chi connectivity index (χ2n) is 8.05. The van der Waals surface area contributed by atoms with Gasteiger partial charge in [-0.25, -0.2) is 4.79 Å². The molecule has 2 aliphatic heterocycles. The molecule has 1 atom stereocenters. The highest BCUT2D eigenvalue weighted by atomic mass is 19.4. The number of benzene rings is 1. The zero-order valence-corrected chi connectivity index (χ0v) is 17.2. The quantitative estimate of drug-likeness (QED) is 0.630. The molecule has 10 heteroatoms. The van der Waals surface area contributed by atoms with E-state index in [1.165, 1.54) is 34.1 Å². The first-order chi connectivity index (χ1) is 15.2. The molecule has 2 N–H and O–H groups in total. The third-order valence-corrected chi connectivity index (χ3v) is 5.74. The number of nitrogens with zero attached hydrogens (tertiary/aromatic N) is 2. The lowest BCUT2D eigenvalue weighted by atomic mass is 9.91. The average molecular weight is 448 g/mol. The van der Waals surface area contributed by atoms with Gasteiger partial charge >= 0.3 is 12.2 Å². The van der Waals surface area contributed by atoms with E-state index in [9.17, 15) is 27.6 Å². The molecule has 2 heterocycles. The van der Waals surface area contributed by atoms with Gasteiger partial charge in [-0.2, -0.15) is 13.2 Å². The number of carbonyl (C=O) groups excluding carboxylic acids is 3. The molecule has 170 valence electrons. The van der Waals surface area contributed by atoms with Crippen LogP contribution in [0, 0.1) is 0 Å². The summed E-state index contributed by atoms with van der Waals surface area (Å²) in [5.74, 6) is -0.670. The maximum absolute atomic E-state index is 13.6. The number of halogens is 3. The summed E-state index contributed by atoms with van der Waals surface area (Å²) in [4.78, 5) is 40.7. The topological polar surface area (TPSA) is 81.8 Å². The molecule has 0 saturated heterocycles. The molecule has 1 saturated carbocycles. The van der Waals surface area contributed by atoms with Crippen molar-refractivity contribution in [3.05, 3.63) is 59.3 Å². The molecule has 4 rings (SSSR count). The number of hydrogen-bond acceptors (Lipinski definition) is 3. The number of hydrogen-bond donors (Lipinski definition) is 2. The molecule has 0 radical (unpaired) electrons. The SMILES string of the molecule is C=CCN1C(=O)N[C@@H](c2ccccc2C(F)(F)F)C2=C1CN(CCC(=O)NC1CC1)C2=O. The maximum Gasteiger partial charge on any atom is 0.416 e. The molecule has 0 aromatic heterocycles. The summed E-state index contributed by atoms with van der Waals surface area (Å²) in [7, 11) is 0. The number of nitrogens with one attached hydrogen (secondary N) is 2. The van der Waals surface area contributed by atoms with Crippen molar-refractivity contribution in [2.45, 2.75) is 37.5 Å². The summed E-state index contributed by atoms with van der Waals surface area (Å²) in [5, 5.41) is 5.40. The van der Waals surface area contributed by atoms with Crippen molar-refractivity contribution in [3.63, 3.8) is 0 Å². The number of carbonyl (C=O) groups is 3. The fraction of sp³-hybridized carbons (Fsp3) is 0.409.